The minimum absolute atomic E-state index is 0.109. The van der Waals surface area contributed by atoms with Crippen LogP contribution in [0.5, 0.6) is 0 Å². The van der Waals surface area contributed by atoms with Crippen LogP contribution in [0.15, 0.2) is 46.5 Å². The number of morpholine rings is 1. The number of nitrogens with two attached hydrogens (primary N) is 1. The standard InChI is InChI=1S/C18H22N4O4S2/c1-2-27-17-6-3-13(12-20-17)21-18(23)15-11-14(28(19,24)25)4-5-16(15)22-7-9-26-10-8-22/h3-6,11-12H,2,7-10H2,1H3,(H,21,23)(H2,19,24,25). The van der Waals surface area contributed by atoms with Gasteiger partial charge < -0.3 is 15.0 Å². The van der Waals surface area contributed by atoms with Crippen molar-refractivity contribution in [2.24, 2.45) is 5.14 Å². The first-order valence-electron chi connectivity index (χ1n) is 8.78. The monoisotopic (exact) mass is 422 g/mol. The van der Waals surface area contributed by atoms with Gasteiger partial charge in [-0.3, -0.25) is 4.79 Å². The minimum atomic E-state index is -3.93. The van der Waals surface area contributed by atoms with Crippen molar-refractivity contribution in [3.8, 4) is 0 Å². The number of amides is 1. The molecule has 0 bridgehead atoms. The molecule has 1 saturated heterocycles. The van der Waals surface area contributed by atoms with Gasteiger partial charge in [-0.2, -0.15) is 0 Å². The Bertz CT molecular complexity index is 943. The molecule has 0 radical (unpaired) electrons. The Hall–Kier alpha value is -2.14. The van der Waals surface area contributed by atoms with Crippen molar-refractivity contribution >= 4 is 39.1 Å². The molecule has 8 nitrogen and oxygen atoms in total. The van der Waals surface area contributed by atoms with Crippen LogP contribution in [0.25, 0.3) is 0 Å². The van der Waals surface area contributed by atoms with Crippen LogP contribution in [0, 0.1) is 0 Å². The van der Waals surface area contributed by atoms with Gasteiger partial charge in [0.1, 0.15) is 0 Å². The van der Waals surface area contributed by atoms with Gasteiger partial charge >= 0.3 is 0 Å². The highest BCUT2D eigenvalue weighted by molar-refractivity contribution is 7.99. The summed E-state index contributed by atoms with van der Waals surface area (Å²) in [5.41, 5.74) is 1.40. The van der Waals surface area contributed by atoms with Crippen LogP contribution < -0.4 is 15.4 Å². The van der Waals surface area contributed by atoms with E-state index in [0.717, 1.165) is 10.8 Å². The van der Waals surface area contributed by atoms with E-state index in [-0.39, 0.29) is 10.5 Å². The zero-order valence-electron chi connectivity index (χ0n) is 15.4. The number of aromatic nitrogens is 1. The summed E-state index contributed by atoms with van der Waals surface area (Å²) < 4.78 is 28.9. The fourth-order valence-corrected chi connectivity index (χ4v) is 3.97. The second-order valence-corrected chi connectivity index (χ2v) is 8.94. The van der Waals surface area contributed by atoms with Crippen molar-refractivity contribution in [2.75, 3.05) is 42.3 Å². The van der Waals surface area contributed by atoms with Crippen LogP contribution in [0.4, 0.5) is 11.4 Å². The van der Waals surface area contributed by atoms with E-state index in [1.54, 1.807) is 30.1 Å². The van der Waals surface area contributed by atoms with Crippen molar-refractivity contribution in [2.45, 2.75) is 16.8 Å². The topological polar surface area (TPSA) is 115 Å². The molecule has 150 valence electrons. The predicted molar refractivity (Wildman–Crippen MR) is 109 cm³/mol. The molecule has 0 spiro atoms. The van der Waals surface area contributed by atoms with Gasteiger partial charge in [-0.15, -0.1) is 11.8 Å². The third-order valence-corrected chi connectivity index (χ3v) is 5.92. The fraction of sp³-hybridized carbons (Fsp3) is 0.333. The molecule has 0 unspecified atom stereocenters. The maximum Gasteiger partial charge on any atom is 0.257 e. The number of carbonyl (C=O) groups is 1. The first-order valence-corrected chi connectivity index (χ1v) is 11.3. The van der Waals surface area contributed by atoms with E-state index >= 15 is 0 Å². The highest BCUT2D eigenvalue weighted by Crippen LogP contribution is 2.26. The Labute approximate surface area is 168 Å². The van der Waals surface area contributed by atoms with Gasteiger partial charge in [-0.05, 0) is 36.1 Å². The Kier molecular flexibility index (Phi) is 6.55. The van der Waals surface area contributed by atoms with Crippen LogP contribution in [-0.4, -0.2) is 51.4 Å². The van der Waals surface area contributed by atoms with Crippen molar-refractivity contribution in [1.82, 2.24) is 4.98 Å². The van der Waals surface area contributed by atoms with E-state index in [1.165, 1.54) is 12.1 Å². The van der Waals surface area contributed by atoms with E-state index in [0.29, 0.717) is 37.7 Å². The zero-order chi connectivity index (χ0) is 20.1. The summed E-state index contributed by atoms with van der Waals surface area (Å²) in [5, 5.41) is 8.89. The molecule has 1 aliphatic rings. The normalized spacial score (nSPS) is 14.7. The molecule has 10 heteroatoms. The van der Waals surface area contributed by atoms with Gasteiger partial charge in [0.2, 0.25) is 10.0 Å². The van der Waals surface area contributed by atoms with Gasteiger partial charge in [0, 0.05) is 18.8 Å². The average molecular weight is 423 g/mol. The van der Waals surface area contributed by atoms with Gasteiger partial charge in [0.15, 0.2) is 0 Å². The van der Waals surface area contributed by atoms with Crippen molar-refractivity contribution < 1.29 is 17.9 Å². The Morgan fingerprint density at radius 2 is 2.04 bits per heavy atom. The third kappa shape index (κ3) is 5.02. The van der Waals surface area contributed by atoms with Crippen LogP contribution in [0.3, 0.4) is 0 Å². The summed E-state index contributed by atoms with van der Waals surface area (Å²) in [7, 11) is -3.93. The highest BCUT2D eigenvalue weighted by atomic mass is 32.2. The van der Waals surface area contributed by atoms with Crippen molar-refractivity contribution in [1.29, 1.82) is 0 Å². The summed E-state index contributed by atoms with van der Waals surface area (Å²) in [6.07, 6.45) is 1.58. The van der Waals surface area contributed by atoms with Crippen LogP contribution in [-0.2, 0) is 14.8 Å². The smallest absolute Gasteiger partial charge is 0.257 e. The molecule has 1 fully saturated rings. The number of nitrogens with one attached hydrogen (secondary N) is 1. The summed E-state index contributed by atoms with van der Waals surface area (Å²) in [5.74, 6) is 0.479. The number of hydrogen-bond acceptors (Lipinski definition) is 7. The van der Waals surface area contributed by atoms with Gasteiger partial charge in [0.25, 0.3) is 5.91 Å². The number of pyridine rings is 1. The number of carbonyl (C=O) groups excluding carboxylic acids is 1. The number of sulfonamides is 1. The Morgan fingerprint density at radius 1 is 1.29 bits per heavy atom. The van der Waals surface area contributed by atoms with Gasteiger partial charge in [-0.25, -0.2) is 18.5 Å². The van der Waals surface area contributed by atoms with E-state index in [1.807, 2.05) is 17.9 Å². The lowest BCUT2D eigenvalue weighted by Crippen LogP contribution is -2.37. The first-order chi connectivity index (χ1) is 13.4. The van der Waals surface area contributed by atoms with Crippen LogP contribution in [0.2, 0.25) is 0 Å². The molecular formula is C18H22N4O4S2. The number of hydrogen-bond donors (Lipinski definition) is 2. The maximum atomic E-state index is 12.9. The summed E-state index contributed by atoms with van der Waals surface area (Å²) in [4.78, 5) is 19.1. The van der Waals surface area contributed by atoms with E-state index in [2.05, 4.69) is 10.3 Å². The molecule has 3 rings (SSSR count). The molecule has 1 aromatic heterocycles. The van der Waals surface area contributed by atoms with Crippen LogP contribution in [0.1, 0.15) is 17.3 Å². The highest BCUT2D eigenvalue weighted by Gasteiger charge is 2.22. The SMILES string of the molecule is CCSc1ccc(NC(=O)c2cc(S(N)(=O)=O)ccc2N2CCOCC2)cn1. The van der Waals surface area contributed by atoms with E-state index in [9.17, 15) is 13.2 Å². The molecule has 0 aliphatic carbocycles. The number of primary sulfonamides is 1. The molecule has 1 aliphatic heterocycles. The molecule has 1 aromatic carbocycles. The second-order valence-electron chi connectivity index (χ2n) is 6.10. The van der Waals surface area contributed by atoms with Crippen LogP contribution >= 0.6 is 11.8 Å². The number of benzene rings is 1. The Morgan fingerprint density at radius 3 is 2.64 bits per heavy atom. The lowest BCUT2D eigenvalue weighted by molar-refractivity contribution is 0.102. The van der Waals surface area contributed by atoms with Crippen molar-refractivity contribution in [3.63, 3.8) is 0 Å². The van der Waals surface area contributed by atoms with E-state index in [4.69, 9.17) is 9.88 Å². The Balaban J connectivity index is 1.91. The molecule has 0 saturated carbocycles. The predicted octanol–water partition coefficient (Wildman–Crippen LogP) is 1.93. The minimum Gasteiger partial charge on any atom is -0.378 e. The second kappa shape index (κ2) is 8.91. The van der Waals surface area contributed by atoms with Gasteiger partial charge in [-0.1, -0.05) is 6.92 Å². The number of rotatable bonds is 6. The lowest BCUT2D eigenvalue weighted by Gasteiger charge is -2.30. The first kappa shape index (κ1) is 20.6. The number of ether oxygens (including phenoxy) is 1. The molecule has 28 heavy (non-hydrogen) atoms. The fourth-order valence-electron chi connectivity index (χ4n) is 2.84. The summed E-state index contributed by atoms with van der Waals surface area (Å²) in [6, 6.07) is 7.92. The molecule has 2 aromatic rings. The molecule has 2 heterocycles. The summed E-state index contributed by atoms with van der Waals surface area (Å²) >= 11 is 1.60. The third-order valence-electron chi connectivity index (χ3n) is 4.18. The largest absolute Gasteiger partial charge is 0.378 e. The molecule has 0 atom stereocenters. The van der Waals surface area contributed by atoms with Gasteiger partial charge in [0.05, 0.1) is 40.6 Å². The molecule has 3 N–H and O–H groups in total. The number of nitrogens with zero attached hydrogens (tertiary/aromatic N) is 2. The van der Waals surface area contributed by atoms with E-state index < -0.39 is 15.9 Å². The number of thioether (sulfide) groups is 1. The molecular weight excluding hydrogens is 400 g/mol. The lowest BCUT2D eigenvalue weighted by atomic mass is 10.1. The average Bonchev–Trinajstić information content (AvgIpc) is 2.69. The molecule has 1 amide bonds. The maximum absolute atomic E-state index is 12.9. The summed E-state index contributed by atoms with van der Waals surface area (Å²) in [6.45, 7) is 4.34. The quantitative estimate of drug-likeness (QED) is 0.684. The zero-order valence-corrected chi connectivity index (χ0v) is 17.1. The number of anilines is 2. The van der Waals surface area contributed by atoms with Crippen molar-refractivity contribution in [3.05, 3.63) is 42.1 Å².